The van der Waals surface area contributed by atoms with Crippen LogP contribution in [0.3, 0.4) is 0 Å². The highest BCUT2D eigenvalue weighted by Gasteiger charge is 1.82. The lowest BCUT2D eigenvalue weighted by Gasteiger charge is -1.78. The van der Waals surface area contributed by atoms with Crippen molar-refractivity contribution in [3.63, 3.8) is 0 Å². The van der Waals surface area contributed by atoms with Crippen molar-refractivity contribution in [3.05, 3.63) is 30.6 Å². The van der Waals surface area contributed by atoms with Crippen LogP contribution in [0, 0.1) is 0 Å². The Labute approximate surface area is 70.2 Å². The molecule has 0 aromatic carbocycles. The molecule has 0 saturated carbocycles. The lowest BCUT2D eigenvalue weighted by Crippen LogP contribution is -1.93. The lowest BCUT2D eigenvalue weighted by atomic mass is 10.5. The van der Waals surface area contributed by atoms with Crippen LogP contribution in [0.5, 0.6) is 0 Å². The van der Waals surface area contributed by atoms with Gasteiger partial charge in [0.05, 0.1) is 0 Å². The monoisotopic (exact) mass is 167 g/mol. The minimum atomic E-state index is -0.579. The zero-order valence-electron chi connectivity index (χ0n) is 6.64. The molecule has 1 aromatic rings. The predicted octanol–water partition coefficient (Wildman–Crippen LogP) is 0.788. The number of pyridine rings is 1. The van der Waals surface area contributed by atoms with Crippen molar-refractivity contribution < 1.29 is 14.3 Å². The molecule has 12 heavy (non-hydrogen) atoms. The quantitative estimate of drug-likeness (QED) is 0.352. The van der Waals surface area contributed by atoms with Gasteiger partial charge in [0, 0.05) is 19.3 Å². The minimum absolute atomic E-state index is 0.0995. The van der Waals surface area contributed by atoms with Crippen LogP contribution in [-0.2, 0) is 14.3 Å². The lowest BCUT2D eigenvalue weighted by molar-refractivity contribution is -0.149. The first kappa shape index (κ1) is 10.3. The Bertz CT molecular complexity index is 196. The van der Waals surface area contributed by atoms with Gasteiger partial charge in [0.15, 0.2) is 0 Å². The Morgan fingerprint density at radius 1 is 1.33 bits per heavy atom. The number of aromatic nitrogens is 1. The van der Waals surface area contributed by atoms with Crippen LogP contribution >= 0.6 is 0 Å². The second-order valence-electron chi connectivity index (χ2n) is 1.73. The number of ether oxygens (including phenoxy) is 1. The van der Waals surface area contributed by atoms with E-state index >= 15 is 0 Å². The molecule has 0 N–H and O–H groups in total. The van der Waals surface area contributed by atoms with Gasteiger partial charge in [0.2, 0.25) is 0 Å². The summed E-state index contributed by atoms with van der Waals surface area (Å²) in [7, 11) is 0. The molecule has 0 aliphatic heterocycles. The Morgan fingerprint density at radius 2 is 1.92 bits per heavy atom. The van der Waals surface area contributed by atoms with Crippen LogP contribution in [0.4, 0.5) is 0 Å². The highest BCUT2D eigenvalue weighted by Crippen LogP contribution is 1.73. The molecule has 0 unspecified atom stereocenters. The van der Waals surface area contributed by atoms with Crippen LogP contribution in [-0.4, -0.2) is 17.4 Å². The van der Waals surface area contributed by atoms with Gasteiger partial charge in [0.25, 0.3) is 0 Å². The normalized spacial score (nSPS) is 7.42. The van der Waals surface area contributed by atoms with E-state index in [4.69, 9.17) is 0 Å². The SMILES string of the molecule is CC(=O)OC=O.c1ccncc1. The summed E-state index contributed by atoms with van der Waals surface area (Å²) in [6.45, 7) is 1.26. The van der Waals surface area contributed by atoms with E-state index in [-0.39, 0.29) is 6.47 Å². The summed E-state index contributed by atoms with van der Waals surface area (Å²) >= 11 is 0. The van der Waals surface area contributed by atoms with Crippen molar-refractivity contribution >= 4 is 12.4 Å². The van der Waals surface area contributed by atoms with E-state index in [1.165, 1.54) is 0 Å². The summed E-state index contributed by atoms with van der Waals surface area (Å²) in [6.07, 6.45) is 3.50. The zero-order chi connectivity index (χ0) is 9.23. The van der Waals surface area contributed by atoms with Gasteiger partial charge in [-0.2, -0.15) is 0 Å². The van der Waals surface area contributed by atoms with Crippen molar-refractivity contribution in [2.75, 3.05) is 0 Å². The maximum atomic E-state index is 9.59. The molecule has 64 valence electrons. The van der Waals surface area contributed by atoms with E-state index in [1.807, 2.05) is 18.2 Å². The number of carbonyl (C=O) groups excluding carboxylic acids is 2. The molecule has 0 aliphatic rings. The molecule has 0 bridgehead atoms. The summed E-state index contributed by atoms with van der Waals surface area (Å²) in [5.41, 5.74) is 0. The summed E-state index contributed by atoms with van der Waals surface area (Å²) in [5.74, 6) is -0.579. The van der Waals surface area contributed by atoms with Crippen molar-refractivity contribution in [2.24, 2.45) is 0 Å². The highest BCUT2D eigenvalue weighted by molar-refractivity contribution is 5.73. The van der Waals surface area contributed by atoms with Gasteiger partial charge in [0.1, 0.15) is 0 Å². The van der Waals surface area contributed by atoms with Crippen molar-refractivity contribution in [3.8, 4) is 0 Å². The fourth-order valence-corrected chi connectivity index (χ4v) is 0.380. The van der Waals surface area contributed by atoms with Crippen molar-refractivity contribution in [1.29, 1.82) is 0 Å². The van der Waals surface area contributed by atoms with Gasteiger partial charge < -0.3 is 4.74 Å². The zero-order valence-corrected chi connectivity index (χ0v) is 6.64. The second kappa shape index (κ2) is 7.40. The molecule has 0 aliphatic carbocycles. The number of rotatable bonds is 1. The molecule has 0 spiro atoms. The number of carbonyl (C=O) groups is 2. The fraction of sp³-hybridized carbons (Fsp3) is 0.125. The number of hydrogen-bond acceptors (Lipinski definition) is 4. The molecule has 1 aromatic heterocycles. The number of nitrogens with zero attached hydrogens (tertiary/aromatic N) is 1. The summed E-state index contributed by atoms with van der Waals surface area (Å²) in [6, 6.07) is 5.72. The van der Waals surface area contributed by atoms with Crippen LogP contribution in [0.1, 0.15) is 6.92 Å². The molecule has 0 atom stereocenters. The molecule has 1 rings (SSSR count). The van der Waals surface area contributed by atoms with Gasteiger partial charge in [-0.25, -0.2) is 0 Å². The van der Waals surface area contributed by atoms with Crippen molar-refractivity contribution in [2.45, 2.75) is 6.92 Å². The van der Waals surface area contributed by atoms with Crippen LogP contribution in [0.2, 0.25) is 0 Å². The molecule has 0 saturated heterocycles. The van der Waals surface area contributed by atoms with Gasteiger partial charge >= 0.3 is 12.4 Å². The second-order valence-corrected chi connectivity index (χ2v) is 1.73. The summed E-state index contributed by atoms with van der Waals surface area (Å²) in [5, 5.41) is 0. The molecule has 0 fully saturated rings. The molecular weight excluding hydrogens is 158 g/mol. The predicted molar refractivity (Wildman–Crippen MR) is 42.1 cm³/mol. The van der Waals surface area contributed by atoms with Crippen LogP contribution < -0.4 is 0 Å². The molecule has 0 radical (unpaired) electrons. The molecular formula is C8H9NO3. The minimum Gasteiger partial charge on any atom is -0.396 e. The van der Waals surface area contributed by atoms with Crippen LogP contribution in [0.25, 0.3) is 0 Å². The maximum Gasteiger partial charge on any atom is 0.310 e. The van der Waals surface area contributed by atoms with Gasteiger partial charge in [-0.05, 0) is 12.1 Å². The summed E-state index contributed by atoms with van der Waals surface area (Å²) < 4.78 is 3.72. The van der Waals surface area contributed by atoms with Crippen molar-refractivity contribution in [1.82, 2.24) is 4.98 Å². The third-order valence-corrected chi connectivity index (χ3v) is 0.781. The average Bonchev–Trinajstić information content (AvgIpc) is 2.08. The Balaban J connectivity index is 0.000000202. The van der Waals surface area contributed by atoms with E-state index in [0.29, 0.717) is 0 Å². The average molecular weight is 167 g/mol. The van der Waals surface area contributed by atoms with Gasteiger partial charge in [-0.15, -0.1) is 0 Å². The smallest absolute Gasteiger partial charge is 0.310 e. The topological polar surface area (TPSA) is 56.3 Å². The largest absolute Gasteiger partial charge is 0.396 e. The Kier molecular flexibility index (Phi) is 6.34. The van der Waals surface area contributed by atoms with Gasteiger partial charge in [-0.1, -0.05) is 6.07 Å². The molecule has 4 nitrogen and oxygen atoms in total. The van der Waals surface area contributed by atoms with E-state index in [0.717, 1.165) is 6.92 Å². The van der Waals surface area contributed by atoms with E-state index in [9.17, 15) is 9.59 Å². The first-order valence-electron chi connectivity index (χ1n) is 3.23. The molecule has 0 amide bonds. The van der Waals surface area contributed by atoms with E-state index in [1.54, 1.807) is 12.4 Å². The fourth-order valence-electron chi connectivity index (χ4n) is 0.380. The first-order chi connectivity index (χ1) is 5.77. The first-order valence-corrected chi connectivity index (χ1v) is 3.23. The number of hydrogen-bond donors (Lipinski definition) is 0. The number of esters is 1. The van der Waals surface area contributed by atoms with E-state index in [2.05, 4.69) is 9.72 Å². The summed E-state index contributed by atoms with van der Waals surface area (Å²) in [4.78, 5) is 22.5. The van der Waals surface area contributed by atoms with Gasteiger partial charge in [-0.3, -0.25) is 14.6 Å². The third-order valence-electron chi connectivity index (χ3n) is 0.781. The third kappa shape index (κ3) is 8.29. The van der Waals surface area contributed by atoms with Crippen LogP contribution in [0.15, 0.2) is 30.6 Å². The standard InChI is InChI=1S/C5H5N.C3H4O3/c1-2-4-6-5-3-1;1-3(5)6-2-4/h1-5H;2H,1H3. The van der Waals surface area contributed by atoms with E-state index < -0.39 is 5.97 Å². The molecule has 1 heterocycles. The Morgan fingerprint density at radius 3 is 2.00 bits per heavy atom. The molecule has 4 heteroatoms. The maximum absolute atomic E-state index is 9.59. The highest BCUT2D eigenvalue weighted by atomic mass is 16.6. The Hall–Kier alpha value is -1.71.